The second-order valence-corrected chi connectivity index (χ2v) is 6.05. The van der Waals surface area contributed by atoms with Crippen LogP contribution < -0.4 is 5.32 Å². The minimum absolute atomic E-state index is 0.219. The van der Waals surface area contributed by atoms with Gasteiger partial charge < -0.3 is 5.32 Å². The molecule has 0 radical (unpaired) electrons. The van der Waals surface area contributed by atoms with Crippen LogP contribution in [0.4, 0.5) is 0 Å². The van der Waals surface area contributed by atoms with E-state index in [-0.39, 0.29) is 5.54 Å². The molecule has 4 heteroatoms. The number of aromatic nitrogens is 2. The third kappa shape index (κ3) is 4.94. The van der Waals surface area contributed by atoms with Crippen LogP contribution in [0.5, 0.6) is 0 Å². The molecule has 3 nitrogen and oxygen atoms in total. The van der Waals surface area contributed by atoms with E-state index in [1.54, 1.807) is 24.2 Å². The molecule has 1 atom stereocenters. The molecule has 0 aliphatic carbocycles. The first-order chi connectivity index (χ1) is 7.53. The first-order valence-corrected chi connectivity index (χ1v) is 6.59. The molecule has 1 aromatic rings. The number of hydrogen-bond acceptors (Lipinski definition) is 4. The van der Waals surface area contributed by atoms with Crippen LogP contribution in [0.3, 0.4) is 0 Å². The zero-order valence-corrected chi connectivity index (χ0v) is 11.3. The van der Waals surface area contributed by atoms with Crippen molar-refractivity contribution in [2.75, 3.05) is 6.54 Å². The molecular formula is C12H21N3S. The summed E-state index contributed by atoms with van der Waals surface area (Å²) >= 11 is 1.76. The molecule has 0 bridgehead atoms. The molecule has 0 fully saturated rings. The zero-order valence-electron chi connectivity index (χ0n) is 10.5. The Morgan fingerprint density at radius 2 is 2.19 bits per heavy atom. The fraction of sp³-hybridized carbons (Fsp3) is 0.667. The van der Waals surface area contributed by atoms with Crippen LogP contribution in [0.15, 0.2) is 23.6 Å². The van der Waals surface area contributed by atoms with E-state index >= 15 is 0 Å². The Kier molecular flexibility index (Phi) is 5.22. The van der Waals surface area contributed by atoms with Gasteiger partial charge in [0.15, 0.2) is 0 Å². The molecule has 1 unspecified atom stereocenters. The molecule has 1 N–H and O–H groups in total. The topological polar surface area (TPSA) is 37.8 Å². The highest BCUT2D eigenvalue weighted by atomic mass is 32.2. The van der Waals surface area contributed by atoms with E-state index in [0.29, 0.717) is 5.25 Å². The number of nitrogens with one attached hydrogen (secondary N) is 1. The average Bonchev–Trinajstić information content (AvgIpc) is 2.28. The molecule has 0 saturated carbocycles. The molecular weight excluding hydrogens is 218 g/mol. The van der Waals surface area contributed by atoms with Crippen molar-refractivity contribution in [2.45, 2.75) is 49.9 Å². The first-order valence-electron chi connectivity index (χ1n) is 5.71. The van der Waals surface area contributed by atoms with Gasteiger partial charge in [-0.2, -0.15) is 0 Å². The van der Waals surface area contributed by atoms with E-state index in [9.17, 15) is 0 Å². The van der Waals surface area contributed by atoms with Crippen LogP contribution in [0.25, 0.3) is 0 Å². The Labute approximate surface area is 102 Å². The molecule has 0 saturated heterocycles. The molecule has 90 valence electrons. The maximum atomic E-state index is 4.26. The van der Waals surface area contributed by atoms with Crippen molar-refractivity contribution >= 4 is 11.8 Å². The van der Waals surface area contributed by atoms with Crippen molar-refractivity contribution in [3.8, 4) is 0 Å². The summed E-state index contributed by atoms with van der Waals surface area (Å²) < 4.78 is 0. The van der Waals surface area contributed by atoms with Gasteiger partial charge in [0.2, 0.25) is 0 Å². The number of nitrogens with zero attached hydrogens (tertiary/aromatic N) is 2. The highest BCUT2D eigenvalue weighted by Crippen LogP contribution is 2.19. The molecule has 0 spiro atoms. The molecule has 1 heterocycles. The lowest BCUT2D eigenvalue weighted by molar-refractivity contribution is 0.379. The van der Waals surface area contributed by atoms with Gasteiger partial charge in [0.25, 0.3) is 0 Å². The van der Waals surface area contributed by atoms with Gasteiger partial charge in [0.1, 0.15) is 5.03 Å². The molecule has 0 aliphatic heterocycles. The van der Waals surface area contributed by atoms with Crippen LogP contribution in [-0.4, -0.2) is 27.3 Å². The normalized spacial score (nSPS) is 13.8. The summed E-state index contributed by atoms with van der Waals surface area (Å²) in [5.74, 6) is 0. The van der Waals surface area contributed by atoms with Crippen LogP contribution in [0.2, 0.25) is 0 Å². The standard InChI is InChI=1S/C12H21N3S/c1-5-12(3,4)15-8-10(2)16-11-9-13-6-7-14-11/h6-7,9-10,15H,5,8H2,1-4H3. The highest BCUT2D eigenvalue weighted by Gasteiger charge is 2.15. The number of hydrogen-bond donors (Lipinski definition) is 1. The van der Waals surface area contributed by atoms with Crippen molar-refractivity contribution in [3.05, 3.63) is 18.6 Å². The molecule has 0 aliphatic rings. The Morgan fingerprint density at radius 3 is 2.75 bits per heavy atom. The lowest BCUT2D eigenvalue weighted by Gasteiger charge is -2.26. The van der Waals surface area contributed by atoms with Crippen molar-refractivity contribution in [1.29, 1.82) is 0 Å². The van der Waals surface area contributed by atoms with Gasteiger partial charge in [-0.3, -0.25) is 4.98 Å². The smallest absolute Gasteiger partial charge is 0.115 e. The van der Waals surface area contributed by atoms with Crippen LogP contribution in [-0.2, 0) is 0 Å². The van der Waals surface area contributed by atoms with Crippen LogP contribution >= 0.6 is 11.8 Å². The second-order valence-electron chi connectivity index (χ2n) is 4.59. The van der Waals surface area contributed by atoms with E-state index in [1.165, 1.54) is 0 Å². The quantitative estimate of drug-likeness (QED) is 0.775. The van der Waals surface area contributed by atoms with E-state index in [1.807, 2.05) is 6.20 Å². The average molecular weight is 239 g/mol. The van der Waals surface area contributed by atoms with Gasteiger partial charge in [0.05, 0.1) is 6.20 Å². The maximum Gasteiger partial charge on any atom is 0.115 e. The predicted molar refractivity (Wildman–Crippen MR) is 69.7 cm³/mol. The fourth-order valence-corrected chi connectivity index (χ4v) is 1.96. The monoisotopic (exact) mass is 239 g/mol. The summed E-state index contributed by atoms with van der Waals surface area (Å²) in [7, 11) is 0. The van der Waals surface area contributed by atoms with Gasteiger partial charge in [-0.1, -0.05) is 13.8 Å². The molecule has 1 aromatic heterocycles. The van der Waals surface area contributed by atoms with E-state index in [0.717, 1.165) is 18.0 Å². The fourth-order valence-electron chi connectivity index (χ4n) is 1.14. The van der Waals surface area contributed by atoms with E-state index in [2.05, 4.69) is 43.0 Å². The lowest BCUT2D eigenvalue weighted by atomic mass is 10.0. The predicted octanol–water partition coefficient (Wildman–Crippen LogP) is 2.74. The maximum absolute atomic E-state index is 4.26. The first kappa shape index (κ1) is 13.5. The Bertz CT molecular complexity index is 300. The van der Waals surface area contributed by atoms with Gasteiger partial charge in [0, 0.05) is 29.7 Å². The SMILES string of the molecule is CCC(C)(C)NCC(C)Sc1cnccn1. The molecule has 0 amide bonds. The molecule has 1 rings (SSSR count). The van der Waals surface area contributed by atoms with Crippen molar-refractivity contribution < 1.29 is 0 Å². The summed E-state index contributed by atoms with van der Waals surface area (Å²) in [6.07, 6.45) is 6.38. The van der Waals surface area contributed by atoms with E-state index in [4.69, 9.17) is 0 Å². The number of thioether (sulfide) groups is 1. The van der Waals surface area contributed by atoms with Gasteiger partial charge in [-0.25, -0.2) is 4.98 Å². The Morgan fingerprint density at radius 1 is 1.44 bits per heavy atom. The third-order valence-electron chi connectivity index (χ3n) is 2.61. The van der Waals surface area contributed by atoms with Crippen LogP contribution in [0, 0.1) is 0 Å². The Balaban J connectivity index is 2.34. The lowest BCUT2D eigenvalue weighted by Crippen LogP contribution is -2.41. The van der Waals surface area contributed by atoms with Crippen molar-refractivity contribution in [3.63, 3.8) is 0 Å². The number of rotatable bonds is 6. The Hall–Kier alpha value is -0.610. The van der Waals surface area contributed by atoms with Crippen molar-refractivity contribution in [2.24, 2.45) is 0 Å². The van der Waals surface area contributed by atoms with E-state index < -0.39 is 0 Å². The highest BCUT2D eigenvalue weighted by molar-refractivity contribution is 7.99. The second kappa shape index (κ2) is 6.21. The molecule has 16 heavy (non-hydrogen) atoms. The van der Waals surface area contributed by atoms with Crippen LogP contribution in [0.1, 0.15) is 34.1 Å². The molecule has 0 aromatic carbocycles. The summed E-state index contributed by atoms with van der Waals surface area (Å²) in [5, 5.41) is 5.05. The van der Waals surface area contributed by atoms with Gasteiger partial charge in [-0.05, 0) is 20.3 Å². The third-order valence-corrected chi connectivity index (χ3v) is 3.63. The summed E-state index contributed by atoms with van der Waals surface area (Å²) in [6, 6.07) is 0. The summed E-state index contributed by atoms with van der Waals surface area (Å²) in [4.78, 5) is 8.32. The minimum atomic E-state index is 0.219. The minimum Gasteiger partial charge on any atom is -0.311 e. The summed E-state index contributed by atoms with van der Waals surface area (Å²) in [6.45, 7) is 9.85. The largest absolute Gasteiger partial charge is 0.311 e. The van der Waals surface area contributed by atoms with Crippen molar-refractivity contribution in [1.82, 2.24) is 15.3 Å². The zero-order chi connectivity index (χ0) is 12.0. The van der Waals surface area contributed by atoms with Gasteiger partial charge >= 0.3 is 0 Å². The summed E-state index contributed by atoms with van der Waals surface area (Å²) in [5.41, 5.74) is 0.219. The van der Waals surface area contributed by atoms with Gasteiger partial charge in [-0.15, -0.1) is 11.8 Å².